The van der Waals surface area contributed by atoms with E-state index in [4.69, 9.17) is 15.0 Å². The molecule has 2 aliphatic heterocycles. The molecule has 3 aromatic heterocycles. The summed E-state index contributed by atoms with van der Waals surface area (Å²) in [4.78, 5) is 16.3. The van der Waals surface area contributed by atoms with E-state index >= 15 is 0 Å². The molecule has 4 bridgehead atoms. The maximum absolute atomic E-state index is 5.44. The molecule has 2 aliphatic carbocycles. The number of nitrogens with zero attached hydrogens (tertiary/aromatic N) is 3. The van der Waals surface area contributed by atoms with Crippen LogP contribution in [0.2, 0.25) is 0 Å². The Balaban J connectivity index is 1.44. The highest BCUT2D eigenvalue weighted by Gasteiger charge is 2.17. The molecule has 0 amide bonds. The Hall–Kier alpha value is -2.55. The highest BCUT2D eigenvalue weighted by atomic mass is 14.8. The summed E-state index contributed by atoms with van der Waals surface area (Å²) in [5.41, 5.74) is 12.3. The van der Waals surface area contributed by atoms with Crippen molar-refractivity contribution in [3.05, 3.63) is 64.0 Å². The monoisotopic (exact) mass is 650 g/mol. The third-order valence-corrected chi connectivity index (χ3v) is 11.2. The summed E-state index contributed by atoms with van der Waals surface area (Å²) in [6.07, 6.45) is 36.9. The largest absolute Gasteiger partial charge is 0.251 e. The maximum Gasteiger partial charge on any atom is 0.0921 e. The van der Waals surface area contributed by atoms with Crippen molar-refractivity contribution in [3.8, 4) is 22.8 Å². The average molecular weight is 650 g/mol. The number of rotatable bonds is 2. The number of aromatic nitrogens is 3. The van der Waals surface area contributed by atoms with Crippen LogP contribution in [0.1, 0.15) is 188 Å². The van der Waals surface area contributed by atoms with Crippen LogP contribution in [0, 0.1) is 13.8 Å². The van der Waals surface area contributed by atoms with Crippen LogP contribution < -0.4 is 0 Å². The van der Waals surface area contributed by atoms with Crippen molar-refractivity contribution in [3.63, 3.8) is 0 Å². The van der Waals surface area contributed by atoms with E-state index in [9.17, 15) is 0 Å². The van der Waals surface area contributed by atoms with Gasteiger partial charge in [-0.1, -0.05) is 147 Å². The SMILES string of the molecule is Cc1cc2c(-c3cccc(-c4nc5c(C)cc4CCCCCCCCCCCCCC5)n3)nc1CCCCCCCCCCCCCC2. The molecule has 0 saturated carbocycles. The molecule has 5 heterocycles. The summed E-state index contributed by atoms with van der Waals surface area (Å²) in [6, 6.07) is 11.5. The Kier molecular flexibility index (Phi) is 15.9. The first-order valence-corrected chi connectivity index (χ1v) is 20.7. The van der Waals surface area contributed by atoms with E-state index in [1.165, 1.54) is 188 Å². The molecule has 262 valence electrons. The predicted molar refractivity (Wildman–Crippen MR) is 206 cm³/mol. The van der Waals surface area contributed by atoms with Crippen LogP contribution in [0.5, 0.6) is 0 Å². The average Bonchev–Trinajstić information content (AvgIpc) is 3.09. The van der Waals surface area contributed by atoms with Gasteiger partial charge in [0.1, 0.15) is 0 Å². The minimum Gasteiger partial charge on any atom is -0.251 e. The number of pyridine rings is 3. The third kappa shape index (κ3) is 11.8. The van der Waals surface area contributed by atoms with Crippen molar-refractivity contribution in [1.29, 1.82) is 0 Å². The van der Waals surface area contributed by atoms with Crippen LogP contribution in [0.25, 0.3) is 22.8 Å². The number of fused-ring (bicyclic) bond motifs is 30. The fourth-order valence-corrected chi connectivity index (χ4v) is 8.20. The standard InChI is InChI=1S/C45H67N3/c1-36-34-38-28-23-19-15-11-7-3-5-9-13-17-21-25-30-40(36)47-44(38)42-32-27-33-43(46-42)45-39-29-24-20-16-12-8-4-6-10-14-18-22-26-31-41(48-45)37(2)35-39/h27,32-35H,3-26,28-31H2,1-2H3. The number of hydrogen-bond acceptors (Lipinski definition) is 3. The van der Waals surface area contributed by atoms with Gasteiger partial charge in [-0.3, -0.25) is 9.97 Å². The van der Waals surface area contributed by atoms with Crippen LogP contribution in [0.4, 0.5) is 0 Å². The van der Waals surface area contributed by atoms with Crippen molar-refractivity contribution >= 4 is 0 Å². The van der Waals surface area contributed by atoms with Crippen LogP contribution in [-0.2, 0) is 25.7 Å². The summed E-state index contributed by atoms with van der Waals surface area (Å²) >= 11 is 0. The van der Waals surface area contributed by atoms with E-state index in [0.717, 1.165) is 48.5 Å². The first kappa shape index (κ1) is 36.7. The summed E-state index contributed by atoms with van der Waals surface area (Å²) in [7, 11) is 0. The zero-order valence-electron chi connectivity index (χ0n) is 31.0. The molecule has 3 heteroatoms. The molecule has 4 aliphatic rings. The molecule has 0 atom stereocenters. The molecule has 48 heavy (non-hydrogen) atoms. The second-order valence-corrected chi connectivity index (χ2v) is 15.4. The van der Waals surface area contributed by atoms with Gasteiger partial charge in [-0.15, -0.1) is 0 Å². The van der Waals surface area contributed by atoms with Gasteiger partial charge >= 0.3 is 0 Å². The van der Waals surface area contributed by atoms with Crippen molar-refractivity contribution in [1.82, 2.24) is 15.0 Å². The summed E-state index contributed by atoms with van der Waals surface area (Å²) < 4.78 is 0. The molecular formula is C45H67N3. The van der Waals surface area contributed by atoms with Gasteiger partial charge in [0.25, 0.3) is 0 Å². The molecule has 3 nitrogen and oxygen atoms in total. The lowest BCUT2D eigenvalue weighted by Crippen LogP contribution is -2.05. The highest BCUT2D eigenvalue weighted by Crippen LogP contribution is 2.31. The first-order chi connectivity index (χ1) is 23.7. The minimum atomic E-state index is 1.03. The van der Waals surface area contributed by atoms with E-state index in [2.05, 4.69) is 44.2 Å². The second-order valence-electron chi connectivity index (χ2n) is 15.4. The van der Waals surface area contributed by atoms with E-state index in [1.807, 2.05) is 0 Å². The molecule has 0 N–H and O–H groups in total. The Morgan fingerprint density at radius 1 is 0.354 bits per heavy atom. The van der Waals surface area contributed by atoms with Crippen molar-refractivity contribution in [2.75, 3.05) is 0 Å². The minimum absolute atomic E-state index is 1.03. The molecule has 0 fully saturated rings. The quantitative estimate of drug-likeness (QED) is 0.277. The fourth-order valence-electron chi connectivity index (χ4n) is 8.20. The molecular weight excluding hydrogens is 583 g/mol. The molecule has 3 aromatic rings. The topological polar surface area (TPSA) is 38.7 Å². The molecule has 7 rings (SSSR count). The summed E-state index contributed by atoms with van der Waals surface area (Å²) in [5.74, 6) is 0. The van der Waals surface area contributed by atoms with E-state index in [1.54, 1.807) is 0 Å². The normalized spacial score (nSPS) is 19.2. The van der Waals surface area contributed by atoms with Crippen molar-refractivity contribution in [2.24, 2.45) is 0 Å². The lowest BCUT2D eigenvalue weighted by molar-refractivity contribution is 0.539. The van der Waals surface area contributed by atoms with E-state index in [-0.39, 0.29) is 0 Å². The Morgan fingerprint density at radius 2 is 0.646 bits per heavy atom. The predicted octanol–water partition coefficient (Wildman–Crippen LogP) is 13.4. The van der Waals surface area contributed by atoms with Gasteiger partial charge in [-0.2, -0.15) is 0 Å². The maximum atomic E-state index is 5.44. The van der Waals surface area contributed by atoms with E-state index in [0.29, 0.717) is 0 Å². The van der Waals surface area contributed by atoms with Crippen LogP contribution >= 0.6 is 0 Å². The molecule has 0 saturated heterocycles. The molecule has 0 aromatic carbocycles. The van der Waals surface area contributed by atoms with Crippen LogP contribution in [-0.4, -0.2) is 15.0 Å². The zero-order chi connectivity index (χ0) is 33.2. The molecule has 0 spiro atoms. The van der Waals surface area contributed by atoms with E-state index < -0.39 is 0 Å². The van der Waals surface area contributed by atoms with Gasteiger partial charge in [-0.25, -0.2) is 4.98 Å². The Morgan fingerprint density at radius 3 is 0.979 bits per heavy atom. The van der Waals surface area contributed by atoms with Gasteiger partial charge in [-0.05, 0) is 99.6 Å². The zero-order valence-corrected chi connectivity index (χ0v) is 31.0. The summed E-state index contributed by atoms with van der Waals surface area (Å²) in [5, 5.41) is 0. The van der Waals surface area contributed by atoms with Gasteiger partial charge in [0.05, 0.1) is 22.8 Å². The van der Waals surface area contributed by atoms with Gasteiger partial charge < -0.3 is 0 Å². The lowest BCUT2D eigenvalue weighted by Gasteiger charge is -2.17. The van der Waals surface area contributed by atoms with Gasteiger partial charge in [0.15, 0.2) is 0 Å². The smallest absolute Gasteiger partial charge is 0.0921 e. The lowest BCUT2D eigenvalue weighted by atomic mass is 9.96. The van der Waals surface area contributed by atoms with Crippen LogP contribution in [0.3, 0.4) is 0 Å². The van der Waals surface area contributed by atoms with Crippen LogP contribution in [0.15, 0.2) is 30.3 Å². The summed E-state index contributed by atoms with van der Waals surface area (Å²) in [6.45, 7) is 4.57. The Bertz CT molecular complexity index is 1270. The van der Waals surface area contributed by atoms with Crippen molar-refractivity contribution < 1.29 is 0 Å². The molecule has 0 unspecified atom stereocenters. The highest BCUT2D eigenvalue weighted by molar-refractivity contribution is 5.67. The van der Waals surface area contributed by atoms with Gasteiger partial charge in [0.2, 0.25) is 0 Å². The number of hydrogen-bond donors (Lipinski definition) is 0. The Labute approximate surface area is 294 Å². The van der Waals surface area contributed by atoms with Crippen molar-refractivity contribution in [2.45, 2.75) is 194 Å². The molecule has 0 radical (unpaired) electrons. The fraction of sp³-hybridized carbons (Fsp3) is 0.667. The second kappa shape index (κ2) is 20.8. The van der Waals surface area contributed by atoms with Gasteiger partial charge in [0, 0.05) is 11.4 Å². The first-order valence-electron chi connectivity index (χ1n) is 20.7. The third-order valence-electron chi connectivity index (χ3n) is 11.2. The number of aryl methyl sites for hydroxylation is 6.